The molecule has 6 nitrogen and oxygen atoms in total. The van der Waals surface area contributed by atoms with Gasteiger partial charge in [0.2, 0.25) is 0 Å². The molecule has 0 saturated carbocycles. The van der Waals surface area contributed by atoms with Gasteiger partial charge in [0, 0.05) is 18.6 Å². The highest BCUT2D eigenvalue weighted by Crippen LogP contribution is 2.27. The zero-order chi connectivity index (χ0) is 13.5. The van der Waals surface area contributed by atoms with Crippen molar-refractivity contribution in [1.29, 1.82) is 0 Å². The van der Waals surface area contributed by atoms with Crippen LogP contribution < -0.4 is 5.32 Å². The predicted molar refractivity (Wildman–Crippen MR) is 64.3 cm³/mol. The van der Waals surface area contributed by atoms with E-state index in [0.29, 0.717) is 6.54 Å². The number of hydrogen-bond donors (Lipinski definition) is 2. The van der Waals surface area contributed by atoms with Crippen LogP contribution in [0.15, 0.2) is 0 Å². The number of carbonyl (C=O) groups is 2. The second-order valence-corrected chi connectivity index (χ2v) is 5.96. The Bertz CT molecular complexity index is 364. The van der Waals surface area contributed by atoms with Gasteiger partial charge >= 0.3 is 12.1 Å². The number of likely N-dealkylation sites (tertiary alicyclic amines) is 1. The maximum atomic E-state index is 12.1. The Morgan fingerprint density at radius 1 is 1.33 bits per heavy atom. The number of rotatable bonds is 1. The summed E-state index contributed by atoms with van der Waals surface area (Å²) in [5, 5.41) is 12.5. The molecule has 18 heavy (non-hydrogen) atoms. The first-order valence-electron chi connectivity index (χ1n) is 6.26. The van der Waals surface area contributed by atoms with Gasteiger partial charge in [-0.1, -0.05) is 0 Å². The molecule has 0 spiro atoms. The number of piperazine rings is 1. The van der Waals surface area contributed by atoms with Crippen LogP contribution in [0.3, 0.4) is 0 Å². The molecule has 0 aromatic heterocycles. The minimum Gasteiger partial charge on any atom is -0.480 e. The predicted octanol–water partition coefficient (Wildman–Crippen LogP) is 0.811. The Kier molecular flexibility index (Phi) is 3.23. The number of carboxylic acid groups (broad SMARTS) is 1. The molecule has 102 valence electrons. The van der Waals surface area contributed by atoms with Crippen molar-refractivity contribution in [2.45, 2.75) is 57.3 Å². The van der Waals surface area contributed by atoms with E-state index >= 15 is 0 Å². The lowest BCUT2D eigenvalue weighted by Gasteiger charge is -2.38. The van der Waals surface area contributed by atoms with Crippen LogP contribution in [0.2, 0.25) is 0 Å². The van der Waals surface area contributed by atoms with Crippen LogP contribution in [0.1, 0.15) is 33.6 Å². The van der Waals surface area contributed by atoms with Crippen molar-refractivity contribution < 1.29 is 19.4 Å². The minimum atomic E-state index is -0.973. The van der Waals surface area contributed by atoms with Gasteiger partial charge in [-0.2, -0.15) is 0 Å². The summed E-state index contributed by atoms with van der Waals surface area (Å²) in [6, 6.07) is -0.787. The summed E-state index contributed by atoms with van der Waals surface area (Å²) in [5.41, 5.74) is -0.607. The Morgan fingerprint density at radius 2 is 2.00 bits per heavy atom. The van der Waals surface area contributed by atoms with Gasteiger partial charge in [-0.15, -0.1) is 0 Å². The summed E-state index contributed by atoms with van der Waals surface area (Å²) in [6.45, 7) is 5.73. The van der Waals surface area contributed by atoms with Crippen molar-refractivity contribution in [2.75, 3.05) is 6.54 Å². The van der Waals surface area contributed by atoms with Crippen molar-refractivity contribution in [2.24, 2.45) is 0 Å². The lowest BCUT2D eigenvalue weighted by atomic mass is 10.1. The van der Waals surface area contributed by atoms with E-state index in [0.717, 1.165) is 12.8 Å². The number of aliphatic carboxylic acids is 1. The Labute approximate surface area is 106 Å². The molecule has 0 aromatic carbocycles. The highest BCUT2D eigenvalue weighted by Gasteiger charge is 2.47. The molecule has 1 amide bonds. The number of fused-ring (bicyclic) bond motifs is 2. The fraction of sp³-hybridized carbons (Fsp3) is 0.833. The molecule has 2 saturated heterocycles. The van der Waals surface area contributed by atoms with E-state index in [9.17, 15) is 14.7 Å². The Balaban J connectivity index is 2.14. The summed E-state index contributed by atoms with van der Waals surface area (Å²) in [6.07, 6.45) is 1.17. The van der Waals surface area contributed by atoms with Gasteiger partial charge in [-0.3, -0.25) is 4.90 Å². The quantitative estimate of drug-likeness (QED) is 0.726. The molecule has 2 fully saturated rings. The van der Waals surface area contributed by atoms with Gasteiger partial charge in [0.25, 0.3) is 0 Å². The standard InChI is InChI=1S/C12H20N2O4/c1-12(2,3)18-11(17)14-6-7-4-5-8(13-7)9(14)10(15)16/h7-9,13H,4-6H2,1-3H3,(H,15,16). The summed E-state index contributed by atoms with van der Waals surface area (Å²) in [7, 11) is 0. The smallest absolute Gasteiger partial charge is 0.411 e. The number of ether oxygens (including phenoxy) is 1. The average Bonchev–Trinajstić information content (AvgIpc) is 2.56. The zero-order valence-electron chi connectivity index (χ0n) is 11.0. The SMILES string of the molecule is CC(C)(C)OC(=O)N1CC2CCC(N2)C1C(=O)O. The van der Waals surface area contributed by atoms with Crippen LogP contribution in [0.4, 0.5) is 4.79 Å². The minimum absolute atomic E-state index is 0.159. The lowest BCUT2D eigenvalue weighted by Crippen LogP contribution is -2.63. The molecule has 2 heterocycles. The maximum Gasteiger partial charge on any atom is 0.411 e. The molecule has 2 N–H and O–H groups in total. The van der Waals surface area contributed by atoms with Crippen LogP contribution in [-0.2, 0) is 9.53 Å². The number of carboxylic acids is 1. The molecule has 6 heteroatoms. The summed E-state index contributed by atoms with van der Waals surface area (Å²) in [4.78, 5) is 24.7. The molecular weight excluding hydrogens is 236 g/mol. The summed E-state index contributed by atoms with van der Waals surface area (Å²) >= 11 is 0. The van der Waals surface area contributed by atoms with E-state index in [-0.39, 0.29) is 12.1 Å². The van der Waals surface area contributed by atoms with E-state index in [1.54, 1.807) is 20.8 Å². The van der Waals surface area contributed by atoms with Gasteiger partial charge in [0.05, 0.1) is 0 Å². The summed E-state index contributed by atoms with van der Waals surface area (Å²) in [5.74, 6) is -0.973. The molecule has 3 unspecified atom stereocenters. The van der Waals surface area contributed by atoms with E-state index in [1.165, 1.54) is 4.90 Å². The lowest BCUT2D eigenvalue weighted by molar-refractivity contribution is -0.145. The second kappa shape index (κ2) is 4.42. The first-order chi connectivity index (χ1) is 8.28. The van der Waals surface area contributed by atoms with Crippen LogP contribution in [0, 0.1) is 0 Å². The fourth-order valence-corrected chi connectivity index (χ4v) is 2.63. The molecule has 2 aliphatic heterocycles. The number of amides is 1. The largest absolute Gasteiger partial charge is 0.480 e. The maximum absolute atomic E-state index is 12.1. The van der Waals surface area contributed by atoms with Crippen LogP contribution in [0.5, 0.6) is 0 Å². The molecule has 2 rings (SSSR count). The van der Waals surface area contributed by atoms with E-state index in [4.69, 9.17) is 4.74 Å². The molecule has 2 bridgehead atoms. The molecule has 0 aliphatic carbocycles. The monoisotopic (exact) mass is 256 g/mol. The van der Waals surface area contributed by atoms with Gasteiger partial charge < -0.3 is 15.2 Å². The first kappa shape index (κ1) is 13.1. The van der Waals surface area contributed by atoms with Gasteiger partial charge in [0.1, 0.15) is 11.6 Å². The molecule has 0 radical (unpaired) electrons. The number of carbonyl (C=O) groups excluding carboxylic acids is 1. The highest BCUT2D eigenvalue weighted by molar-refractivity contribution is 5.81. The number of nitrogens with one attached hydrogen (secondary N) is 1. The first-order valence-corrected chi connectivity index (χ1v) is 6.26. The van der Waals surface area contributed by atoms with Crippen LogP contribution in [0.25, 0.3) is 0 Å². The summed E-state index contributed by atoms with van der Waals surface area (Å²) < 4.78 is 5.28. The third-order valence-electron chi connectivity index (χ3n) is 3.29. The zero-order valence-corrected chi connectivity index (χ0v) is 11.0. The Morgan fingerprint density at radius 3 is 2.56 bits per heavy atom. The fourth-order valence-electron chi connectivity index (χ4n) is 2.63. The number of nitrogens with zero attached hydrogens (tertiary/aromatic N) is 1. The number of hydrogen-bond acceptors (Lipinski definition) is 4. The van der Waals surface area contributed by atoms with Crippen LogP contribution >= 0.6 is 0 Å². The molecule has 0 aromatic rings. The topological polar surface area (TPSA) is 78.9 Å². The molecule has 3 atom stereocenters. The molecule has 2 aliphatic rings. The van der Waals surface area contributed by atoms with Crippen LogP contribution in [-0.4, -0.2) is 52.3 Å². The second-order valence-electron chi connectivity index (χ2n) is 5.96. The third kappa shape index (κ3) is 2.58. The van der Waals surface area contributed by atoms with Crippen molar-refractivity contribution in [3.63, 3.8) is 0 Å². The van der Waals surface area contributed by atoms with Gasteiger partial charge in [0.15, 0.2) is 0 Å². The highest BCUT2D eigenvalue weighted by atomic mass is 16.6. The van der Waals surface area contributed by atoms with Crippen molar-refractivity contribution in [3.8, 4) is 0 Å². The van der Waals surface area contributed by atoms with E-state index in [1.807, 2.05) is 0 Å². The normalized spacial score (nSPS) is 31.3. The van der Waals surface area contributed by atoms with Crippen molar-refractivity contribution in [3.05, 3.63) is 0 Å². The van der Waals surface area contributed by atoms with Crippen molar-refractivity contribution in [1.82, 2.24) is 10.2 Å². The van der Waals surface area contributed by atoms with Crippen molar-refractivity contribution >= 4 is 12.1 Å². The Hall–Kier alpha value is -1.30. The van der Waals surface area contributed by atoms with E-state index in [2.05, 4.69) is 5.32 Å². The van der Waals surface area contributed by atoms with Gasteiger partial charge in [-0.25, -0.2) is 9.59 Å². The molecular formula is C12H20N2O4. The van der Waals surface area contributed by atoms with E-state index < -0.39 is 23.7 Å². The average molecular weight is 256 g/mol. The third-order valence-corrected chi connectivity index (χ3v) is 3.29. The van der Waals surface area contributed by atoms with Gasteiger partial charge in [-0.05, 0) is 33.6 Å².